The topological polar surface area (TPSA) is 99.1 Å². The van der Waals surface area contributed by atoms with Crippen LogP contribution in [0.5, 0.6) is 17.2 Å². The molecule has 6 rings (SSSR count). The van der Waals surface area contributed by atoms with Crippen LogP contribution in [0.3, 0.4) is 0 Å². The van der Waals surface area contributed by atoms with Crippen LogP contribution in [-0.2, 0) is 20.8 Å². The summed E-state index contributed by atoms with van der Waals surface area (Å²) < 4.78 is 26.6. The van der Waals surface area contributed by atoms with Gasteiger partial charge in [0.2, 0.25) is 12.8 Å². The number of guanidine groups is 1. The summed E-state index contributed by atoms with van der Waals surface area (Å²) in [5.41, 5.74) is 4.01. The van der Waals surface area contributed by atoms with E-state index in [9.17, 15) is 9.59 Å². The van der Waals surface area contributed by atoms with Crippen LogP contribution < -0.4 is 24.0 Å². The molecule has 0 radical (unpaired) electrons. The average molecular weight is 528 g/mol. The summed E-state index contributed by atoms with van der Waals surface area (Å²) in [6, 6.07) is 18.0. The number of esters is 2. The van der Waals surface area contributed by atoms with Gasteiger partial charge in [-0.05, 0) is 53.6 Å². The second kappa shape index (κ2) is 9.71. The zero-order chi connectivity index (χ0) is 27.1. The fourth-order valence-electron chi connectivity index (χ4n) is 5.02. The van der Waals surface area contributed by atoms with E-state index in [0.29, 0.717) is 40.8 Å². The quantitative estimate of drug-likeness (QED) is 0.437. The number of rotatable bonds is 6. The molecular formula is C29H25N3O7. The van der Waals surface area contributed by atoms with E-state index in [2.05, 4.69) is 0 Å². The lowest BCUT2D eigenvalue weighted by Crippen LogP contribution is -2.43. The molecule has 1 atom stereocenters. The number of aliphatic imine (C=N–C) groups is 1. The molecule has 3 aromatic rings. The highest BCUT2D eigenvalue weighted by molar-refractivity contribution is 6.19. The fraction of sp³-hybridized carbons (Fsp3) is 0.207. The first-order chi connectivity index (χ1) is 19.0. The number of carbonyl (C=O) groups excluding carboxylic acids is 2. The summed E-state index contributed by atoms with van der Waals surface area (Å²) in [6.07, 6.45) is 1.54. The Morgan fingerprint density at radius 3 is 2.41 bits per heavy atom. The van der Waals surface area contributed by atoms with Gasteiger partial charge >= 0.3 is 11.9 Å². The van der Waals surface area contributed by atoms with E-state index in [0.717, 1.165) is 22.6 Å². The van der Waals surface area contributed by atoms with Crippen LogP contribution in [0.25, 0.3) is 0 Å². The summed E-state index contributed by atoms with van der Waals surface area (Å²) in [5, 5.41) is 0. The molecule has 0 aliphatic carbocycles. The Bertz CT molecular complexity index is 1530. The van der Waals surface area contributed by atoms with Crippen molar-refractivity contribution < 1.29 is 33.3 Å². The molecule has 3 aliphatic heterocycles. The Balaban J connectivity index is 1.51. The third-order valence-electron chi connectivity index (χ3n) is 6.91. The van der Waals surface area contributed by atoms with Crippen LogP contribution in [-0.4, -0.2) is 46.0 Å². The maximum absolute atomic E-state index is 13.0. The van der Waals surface area contributed by atoms with Crippen LogP contribution in [0, 0.1) is 0 Å². The largest absolute Gasteiger partial charge is 0.497 e. The Morgan fingerprint density at radius 1 is 0.897 bits per heavy atom. The number of carbonyl (C=O) groups is 2. The highest BCUT2D eigenvalue weighted by atomic mass is 16.7. The Morgan fingerprint density at radius 2 is 1.67 bits per heavy atom. The third kappa shape index (κ3) is 4.10. The lowest BCUT2D eigenvalue weighted by atomic mass is 9.95. The highest BCUT2D eigenvalue weighted by Crippen LogP contribution is 2.48. The molecule has 198 valence electrons. The summed E-state index contributed by atoms with van der Waals surface area (Å²) in [5.74, 6) is 1.58. The van der Waals surface area contributed by atoms with Gasteiger partial charge in [0.15, 0.2) is 11.5 Å². The van der Waals surface area contributed by atoms with Crippen molar-refractivity contribution in [3.63, 3.8) is 0 Å². The van der Waals surface area contributed by atoms with Crippen LogP contribution in [0.2, 0.25) is 0 Å². The van der Waals surface area contributed by atoms with E-state index in [1.54, 1.807) is 25.4 Å². The smallest absolute Gasteiger partial charge is 0.337 e. The lowest BCUT2D eigenvalue weighted by Gasteiger charge is -2.34. The van der Waals surface area contributed by atoms with Crippen molar-refractivity contribution in [2.24, 2.45) is 4.99 Å². The van der Waals surface area contributed by atoms with Crippen molar-refractivity contribution in [2.45, 2.75) is 12.6 Å². The number of ether oxygens (including phenoxy) is 5. The number of anilines is 2. The number of methoxy groups -OCH3 is 3. The Labute approximate surface area is 224 Å². The van der Waals surface area contributed by atoms with Gasteiger partial charge in [-0.3, -0.25) is 4.90 Å². The Kier molecular flexibility index (Phi) is 6.07. The van der Waals surface area contributed by atoms with Gasteiger partial charge in [-0.25, -0.2) is 14.6 Å². The zero-order valence-corrected chi connectivity index (χ0v) is 21.5. The Hall–Kier alpha value is -4.99. The first kappa shape index (κ1) is 24.4. The van der Waals surface area contributed by atoms with Crippen molar-refractivity contribution in [3.8, 4) is 17.2 Å². The van der Waals surface area contributed by atoms with Crippen molar-refractivity contribution in [1.29, 1.82) is 0 Å². The van der Waals surface area contributed by atoms with Crippen LogP contribution >= 0.6 is 0 Å². The van der Waals surface area contributed by atoms with Crippen molar-refractivity contribution in [1.82, 2.24) is 0 Å². The molecular weight excluding hydrogens is 502 g/mol. The molecule has 0 N–H and O–H groups in total. The number of benzene rings is 3. The van der Waals surface area contributed by atoms with E-state index in [1.807, 2.05) is 58.3 Å². The molecule has 0 aromatic heterocycles. The average Bonchev–Trinajstić information content (AvgIpc) is 3.58. The standard InChI is InChI=1S/C29H25N3O7/c1-35-20-8-4-17(5-9-20)15-31-22-10-6-19(27(33)36-2)12-23(22)32-26(21(28(34)37-3)14-30-29(31)32)18-7-11-24-25(13-18)39-16-38-24/h4-14,26H,15-16H2,1-3H3. The molecule has 39 heavy (non-hydrogen) atoms. The first-order valence-electron chi connectivity index (χ1n) is 12.2. The van der Waals surface area contributed by atoms with E-state index in [1.165, 1.54) is 14.2 Å². The van der Waals surface area contributed by atoms with Gasteiger partial charge < -0.3 is 28.6 Å². The molecule has 10 nitrogen and oxygen atoms in total. The van der Waals surface area contributed by atoms with Gasteiger partial charge in [0.25, 0.3) is 0 Å². The van der Waals surface area contributed by atoms with Crippen molar-refractivity contribution in [3.05, 3.63) is 89.1 Å². The fourth-order valence-corrected chi connectivity index (χ4v) is 5.02. The zero-order valence-electron chi connectivity index (χ0n) is 21.5. The SMILES string of the molecule is COC(=O)C1=CN=C2N(Cc3ccc(OC)cc3)c3ccc(C(=O)OC)cc3N2C1c1ccc2c(c1)OCO2. The normalized spacial score (nSPS) is 16.6. The minimum Gasteiger partial charge on any atom is -0.497 e. The molecule has 3 aromatic carbocycles. The third-order valence-corrected chi connectivity index (χ3v) is 6.91. The van der Waals surface area contributed by atoms with E-state index in [-0.39, 0.29) is 6.79 Å². The molecule has 3 heterocycles. The number of fused-ring (bicyclic) bond motifs is 4. The molecule has 0 fully saturated rings. The summed E-state index contributed by atoms with van der Waals surface area (Å²) in [6.45, 7) is 0.611. The maximum Gasteiger partial charge on any atom is 0.337 e. The molecule has 0 amide bonds. The molecule has 10 heteroatoms. The number of nitrogens with zero attached hydrogens (tertiary/aromatic N) is 3. The van der Waals surface area contributed by atoms with Crippen molar-refractivity contribution in [2.75, 3.05) is 37.9 Å². The monoisotopic (exact) mass is 527 g/mol. The van der Waals surface area contributed by atoms with E-state index >= 15 is 0 Å². The molecule has 0 spiro atoms. The molecule has 0 saturated heterocycles. The van der Waals surface area contributed by atoms with E-state index < -0.39 is 18.0 Å². The minimum atomic E-state index is -0.619. The number of hydrogen-bond acceptors (Lipinski definition) is 10. The minimum absolute atomic E-state index is 0.126. The molecule has 0 saturated carbocycles. The van der Waals surface area contributed by atoms with Gasteiger partial charge in [-0.15, -0.1) is 0 Å². The highest BCUT2D eigenvalue weighted by Gasteiger charge is 2.44. The van der Waals surface area contributed by atoms with Gasteiger partial charge in [0.05, 0.1) is 56.4 Å². The predicted molar refractivity (Wildman–Crippen MR) is 142 cm³/mol. The predicted octanol–water partition coefficient (Wildman–Crippen LogP) is 4.20. The molecule has 0 bridgehead atoms. The summed E-state index contributed by atoms with van der Waals surface area (Å²) in [7, 11) is 4.30. The molecule has 1 unspecified atom stereocenters. The first-order valence-corrected chi connectivity index (χ1v) is 12.2. The lowest BCUT2D eigenvalue weighted by molar-refractivity contribution is -0.136. The van der Waals surface area contributed by atoms with Gasteiger partial charge in [0, 0.05) is 6.20 Å². The summed E-state index contributed by atoms with van der Waals surface area (Å²) >= 11 is 0. The summed E-state index contributed by atoms with van der Waals surface area (Å²) in [4.78, 5) is 34.2. The van der Waals surface area contributed by atoms with E-state index in [4.69, 9.17) is 28.7 Å². The van der Waals surface area contributed by atoms with Crippen LogP contribution in [0.4, 0.5) is 11.4 Å². The van der Waals surface area contributed by atoms with Gasteiger partial charge in [-0.2, -0.15) is 0 Å². The molecule has 3 aliphatic rings. The van der Waals surface area contributed by atoms with Gasteiger partial charge in [0.1, 0.15) is 5.75 Å². The number of hydrogen-bond donors (Lipinski definition) is 0. The van der Waals surface area contributed by atoms with Crippen LogP contribution in [0.1, 0.15) is 27.5 Å². The maximum atomic E-state index is 13.0. The second-order valence-electron chi connectivity index (χ2n) is 9.02. The van der Waals surface area contributed by atoms with Gasteiger partial charge in [-0.1, -0.05) is 18.2 Å². The van der Waals surface area contributed by atoms with Crippen LogP contribution in [0.15, 0.2) is 77.4 Å². The van der Waals surface area contributed by atoms with Crippen molar-refractivity contribution >= 4 is 29.3 Å². The second-order valence-corrected chi connectivity index (χ2v) is 9.02.